The van der Waals surface area contributed by atoms with Crippen LogP contribution in [0.2, 0.25) is 0 Å². The Kier molecular flexibility index (Phi) is 5.75. The predicted octanol–water partition coefficient (Wildman–Crippen LogP) is 3.90. The lowest BCUT2D eigenvalue weighted by atomic mass is 9.89. The summed E-state index contributed by atoms with van der Waals surface area (Å²) in [6.07, 6.45) is 0.565. The van der Waals surface area contributed by atoms with Gasteiger partial charge in [-0.2, -0.15) is 0 Å². The number of rotatable bonds is 5. The van der Waals surface area contributed by atoms with Crippen molar-refractivity contribution in [1.29, 1.82) is 0 Å². The Balaban J connectivity index is 1.71. The number of esters is 2. The van der Waals surface area contributed by atoms with Crippen molar-refractivity contribution < 1.29 is 28.6 Å². The van der Waals surface area contributed by atoms with Gasteiger partial charge in [-0.15, -0.1) is 0 Å². The molecule has 0 saturated carbocycles. The van der Waals surface area contributed by atoms with Gasteiger partial charge in [0.25, 0.3) is 0 Å². The molecule has 2 aromatic carbocycles. The summed E-state index contributed by atoms with van der Waals surface area (Å²) in [5.74, 6) is -1.29. The van der Waals surface area contributed by atoms with Crippen LogP contribution in [0.25, 0.3) is 0 Å². The molecule has 0 bridgehead atoms. The minimum atomic E-state index is -1.57. The van der Waals surface area contributed by atoms with Gasteiger partial charge < -0.3 is 14.2 Å². The van der Waals surface area contributed by atoms with Crippen molar-refractivity contribution in [3.05, 3.63) is 83.4 Å². The maximum Gasteiger partial charge on any atom is 0.414 e. The second-order valence-corrected chi connectivity index (χ2v) is 7.32. The fourth-order valence-corrected chi connectivity index (χ4v) is 4.08. The molecule has 2 atom stereocenters. The normalized spacial score (nSPS) is 22.2. The van der Waals surface area contributed by atoms with Gasteiger partial charge in [0, 0.05) is 5.56 Å². The van der Waals surface area contributed by atoms with E-state index in [9.17, 15) is 14.4 Å². The number of amides is 1. The van der Waals surface area contributed by atoms with Crippen LogP contribution in [0.4, 0.5) is 4.79 Å². The van der Waals surface area contributed by atoms with E-state index in [2.05, 4.69) is 0 Å². The van der Waals surface area contributed by atoms with Gasteiger partial charge >= 0.3 is 18.0 Å². The molecule has 1 spiro atoms. The Morgan fingerprint density at radius 1 is 1.06 bits per heavy atom. The third-order valence-corrected chi connectivity index (χ3v) is 5.48. The molecule has 0 N–H and O–H groups in total. The number of hydrogen-bond acceptors (Lipinski definition) is 6. The average molecular weight is 421 g/mol. The SMILES string of the molecule is CCOC(=O)C1=CCC[C@@]12C(=O)O[C@@H](c1ccccc1)N2C(=O)OCc1ccccc1. The fourth-order valence-electron chi connectivity index (χ4n) is 4.08. The van der Waals surface area contributed by atoms with Gasteiger partial charge in [-0.05, 0) is 25.3 Å². The van der Waals surface area contributed by atoms with Crippen molar-refractivity contribution in [2.24, 2.45) is 0 Å². The van der Waals surface area contributed by atoms with Gasteiger partial charge in [0.2, 0.25) is 6.23 Å². The van der Waals surface area contributed by atoms with Crippen LogP contribution in [-0.2, 0) is 30.4 Å². The standard InChI is InChI=1S/C24H23NO6/c1-2-29-21(26)19-14-9-15-24(19)22(27)31-20(18-12-7-4-8-13-18)25(24)23(28)30-16-17-10-5-3-6-11-17/h3-8,10-14,20H,2,9,15-16H2,1H3/t20-,24-/m0/s1. The van der Waals surface area contributed by atoms with E-state index in [4.69, 9.17) is 14.2 Å². The van der Waals surface area contributed by atoms with Crippen molar-refractivity contribution in [2.45, 2.75) is 38.1 Å². The number of carbonyl (C=O) groups is 3. The number of allylic oxidation sites excluding steroid dienone is 1. The predicted molar refractivity (Wildman–Crippen MR) is 110 cm³/mol. The first-order chi connectivity index (χ1) is 15.1. The topological polar surface area (TPSA) is 82.1 Å². The van der Waals surface area contributed by atoms with Crippen LogP contribution in [0.5, 0.6) is 0 Å². The summed E-state index contributed by atoms with van der Waals surface area (Å²) >= 11 is 0. The molecular weight excluding hydrogens is 398 g/mol. The van der Waals surface area contributed by atoms with Crippen molar-refractivity contribution >= 4 is 18.0 Å². The molecule has 4 rings (SSSR count). The molecule has 0 aromatic heterocycles. The van der Waals surface area contributed by atoms with E-state index in [1.54, 1.807) is 37.3 Å². The van der Waals surface area contributed by atoms with Crippen LogP contribution in [-0.4, -0.2) is 35.1 Å². The lowest BCUT2D eigenvalue weighted by molar-refractivity contribution is -0.147. The van der Waals surface area contributed by atoms with Crippen LogP contribution in [0, 0.1) is 0 Å². The van der Waals surface area contributed by atoms with E-state index in [1.807, 2.05) is 36.4 Å². The molecular formula is C24H23NO6. The van der Waals surface area contributed by atoms with Crippen molar-refractivity contribution in [3.63, 3.8) is 0 Å². The van der Waals surface area contributed by atoms with Crippen molar-refractivity contribution in [2.75, 3.05) is 6.61 Å². The number of carbonyl (C=O) groups excluding carboxylic acids is 3. The molecule has 2 aromatic rings. The quantitative estimate of drug-likeness (QED) is 0.538. The molecule has 1 aliphatic heterocycles. The number of benzene rings is 2. The van der Waals surface area contributed by atoms with E-state index >= 15 is 0 Å². The first-order valence-corrected chi connectivity index (χ1v) is 10.2. The van der Waals surface area contributed by atoms with Gasteiger partial charge in [-0.25, -0.2) is 19.3 Å². The van der Waals surface area contributed by atoms with Crippen LogP contribution in [0.3, 0.4) is 0 Å². The highest BCUT2D eigenvalue weighted by molar-refractivity contribution is 6.05. The maximum absolute atomic E-state index is 13.3. The highest BCUT2D eigenvalue weighted by Crippen LogP contribution is 2.48. The number of nitrogens with zero attached hydrogens (tertiary/aromatic N) is 1. The molecule has 7 nitrogen and oxygen atoms in total. The maximum atomic E-state index is 13.3. The molecule has 2 aliphatic rings. The third kappa shape index (κ3) is 3.67. The third-order valence-electron chi connectivity index (χ3n) is 5.48. The molecule has 7 heteroatoms. The monoisotopic (exact) mass is 421 g/mol. The van der Waals surface area contributed by atoms with E-state index < -0.39 is 29.8 Å². The second-order valence-electron chi connectivity index (χ2n) is 7.32. The summed E-state index contributed by atoms with van der Waals surface area (Å²) in [6.45, 7) is 1.87. The lowest BCUT2D eigenvalue weighted by Gasteiger charge is -2.33. The summed E-state index contributed by atoms with van der Waals surface area (Å²) < 4.78 is 16.4. The lowest BCUT2D eigenvalue weighted by Crippen LogP contribution is -2.53. The summed E-state index contributed by atoms with van der Waals surface area (Å²) in [7, 11) is 0. The molecule has 160 valence electrons. The fraction of sp³-hybridized carbons (Fsp3) is 0.292. The van der Waals surface area contributed by atoms with Crippen molar-refractivity contribution in [3.8, 4) is 0 Å². The Morgan fingerprint density at radius 2 is 1.74 bits per heavy atom. The van der Waals surface area contributed by atoms with Gasteiger partial charge in [-0.1, -0.05) is 66.7 Å². The first kappa shape index (κ1) is 20.7. The zero-order chi connectivity index (χ0) is 21.8. The second kappa shape index (κ2) is 8.63. The molecule has 1 amide bonds. The highest BCUT2D eigenvalue weighted by Gasteiger charge is 2.63. The first-order valence-electron chi connectivity index (χ1n) is 10.2. The van der Waals surface area contributed by atoms with Gasteiger partial charge in [0.15, 0.2) is 5.54 Å². The van der Waals surface area contributed by atoms with E-state index in [1.165, 1.54) is 4.90 Å². The molecule has 1 saturated heterocycles. The highest BCUT2D eigenvalue weighted by atomic mass is 16.6. The summed E-state index contributed by atoms with van der Waals surface area (Å²) in [5.41, 5.74) is -0.0327. The number of hydrogen-bond donors (Lipinski definition) is 0. The zero-order valence-corrected chi connectivity index (χ0v) is 17.2. The van der Waals surface area contributed by atoms with Crippen LogP contribution in [0.1, 0.15) is 37.1 Å². The minimum absolute atomic E-state index is 0.0282. The van der Waals surface area contributed by atoms with E-state index in [-0.39, 0.29) is 25.2 Å². The number of cyclic esters (lactones) is 1. The average Bonchev–Trinajstić information content (AvgIpc) is 3.36. The van der Waals surface area contributed by atoms with Gasteiger partial charge in [0.1, 0.15) is 6.61 Å². The van der Waals surface area contributed by atoms with Crippen LogP contribution >= 0.6 is 0 Å². The van der Waals surface area contributed by atoms with Crippen molar-refractivity contribution in [1.82, 2.24) is 4.90 Å². The molecule has 1 aliphatic carbocycles. The molecule has 0 radical (unpaired) electrons. The van der Waals surface area contributed by atoms with Crippen LogP contribution < -0.4 is 0 Å². The summed E-state index contributed by atoms with van der Waals surface area (Å²) in [5, 5.41) is 0. The Labute approximate surface area is 180 Å². The molecule has 1 fully saturated rings. The minimum Gasteiger partial charge on any atom is -0.463 e. The van der Waals surface area contributed by atoms with E-state index in [0.29, 0.717) is 12.0 Å². The Hall–Kier alpha value is -3.61. The molecule has 1 heterocycles. The number of ether oxygens (including phenoxy) is 3. The van der Waals surface area contributed by atoms with Gasteiger partial charge in [0.05, 0.1) is 12.2 Å². The van der Waals surface area contributed by atoms with E-state index in [0.717, 1.165) is 5.56 Å². The molecule has 0 unspecified atom stereocenters. The Morgan fingerprint density at radius 3 is 2.42 bits per heavy atom. The van der Waals surface area contributed by atoms with Crippen LogP contribution in [0.15, 0.2) is 72.3 Å². The largest absolute Gasteiger partial charge is 0.463 e. The smallest absolute Gasteiger partial charge is 0.414 e. The Bertz CT molecular complexity index is 1000. The molecule has 31 heavy (non-hydrogen) atoms. The van der Waals surface area contributed by atoms with Gasteiger partial charge in [-0.3, -0.25) is 0 Å². The summed E-state index contributed by atoms with van der Waals surface area (Å²) in [6, 6.07) is 18.2. The zero-order valence-electron chi connectivity index (χ0n) is 17.2. The summed E-state index contributed by atoms with van der Waals surface area (Å²) in [4.78, 5) is 40.4.